The molecular formula is C12H17N3O3. The van der Waals surface area contributed by atoms with E-state index >= 15 is 0 Å². The van der Waals surface area contributed by atoms with Crippen molar-refractivity contribution < 1.29 is 14.3 Å². The van der Waals surface area contributed by atoms with Crippen LogP contribution in [0.4, 0.5) is 10.5 Å². The molecule has 0 aliphatic rings. The molecule has 1 rings (SSSR count). The molecule has 0 radical (unpaired) electrons. The zero-order valence-electron chi connectivity index (χ0n) is 10.3. The molecule has 18 heavy (non-hydrogen) atoms. The van der Waals surface area contributed by atoms with Gasteiger partial charge < -0.3 is 16.2 Å². The predicted molar refractivity (Wildman–Crippen MR) is 67.5 cm³/mol. The first kappa shape index (κ1) is 13.8. The molecule has 0 saturated carbocycles. The minimum Gasteiger partial charge on any atom is -0.450 e. The van der Waals surface area contributed by atoms with Gasteiger partial charge in [-0.3, -0.25) is 9.69 Å². The molecule has 0 aliphatic carbocycles. The summed E-state index contributed by atoms with van der Waals surface area (Å²) in [6, 6.07) is 7.06. The molecule has 2 amide bonds. The van der Waals surface area contributed by atoms with Crippen LogP contribution < -0.4 is 11.5 Å². The number of benzene rings is 1. The van der Waals surface area contributed by atoms with Crippen molar-refractivity contribution in [2.75, 3.05) is 18.9 Å². The second-order valence-electron chi connectivity index (χ2n) is 3.77. The van der Waals surface area contributed by atoms with Gasteiger partial charge >= 0.3 is 6.09 Å². The lowest BCUT2D eigenvalue weighted by molar-refractivity contribution is -0.119. The van der Waals surface area contributed by atoms with E-state index in [-0.39, 0.29) is 19.7 Å². The van der Waals surface area contributed by atoms with E-state index in [1.54, 1.807) is 25.1 Å². The van der Waals surface area contributed by atoms with Gasteiger partial charge in [0, 0.05) is 12.2 Å². The fourth-order valence-electron chi connectivity index (χ4n) is 1.50. The van der Waals surface area contributed by atoms with Crippen LogP contribution in [0, 0.1) is 0 Å². The second kappa shape index (κ2) is 6.48. The molecule has 0 bridgehead atoms. The SMILES string of the molecule is CCOC(=O)N(CC(N)=O)Cc1cccc(N)c1. The minimum absolute atomic E-state index is 0.187. The Morgan fingerprint density at radius 1 is 1.39 bits per heavy atom. The van der Waals surface area contributed by atoms with E-state index in [1.807, 2.05) is 6.07 Å². The Balaban J connectivity index is 2.77. The van der Waals surface area contributed by atoms with Crippen molar-refractivity contribution in [3.8, 4) is 0 Å². The van der Waals surface area contributed by atoms with Crippen LogP contribution >= 0.6 is 0 Å². The molecule has 6 nitrogen and oxygen atoms in total. The maximum absolute atomic E-state index is 11.6. The molecule has 0 unspecified atom stereocenters. The summed E-state index contributed by atoms with van der Waals surface area (Å²) >= 11 is 0. The van der Waals surface area contributed by atoms with Crippen LogP contribution in [0.1, 0.15) is 12.5 Å². The molecule has 1 aromatic rings. The van der Waals surface area contributed by atoms with Crippen molar-refractivity contribution >= 4 is 17.7 Å². The maximum Gasteiger partial charge on any atom is 0.410 e. The zero-order chi connectivity index (χ0) is 13.5. The van der Waals surface area contributed by atoms with E-state index in [0.717, 1.165) is 5.56 Å². The third-order valence-electron chi connectivity index (χ3n) is 2.20. The van der Waals surface area contributed by atoms with Gasteiger partial charge in [0.25, 0.3) is 0 Å². The molecule has 0 saturated heterocycles. The first-order valence-corrected chi connectivity index (χ1v) is 5.57. The summed E-state index contributed by atoms with van der Waals surface area (Å²) in [5, 5.41) is 0. The highest BCUT2D eigenvalue weighted by molar-refractivity contribution is 5.80. The summed E-state index contributed by atoms with van der Waals surface area (Å²) < 4.78 is 4.86. The lowest BCUT2D eigenvalue weighted by atomic mass is 10.2. The van der Waals surface area contributed by atoms with Gasteiger partial charge in [-0.05, 0) is 24.6 Å². The number of nitrogens with zero attached hydrogens (tertiary/aromatic N) is 1. The Kier molecular flexibility index (Phi) is 4.98. The quantitative estimate of drug-likeness (QED) is 0.753. The van der Waals surface area contributed by atoms with Crippen LogP contribution in [0.25, 0.3) is 0 Å². The van der Waals surface area contributed by atoms with Crippen LogP contribution in [0.5, 0.6) is 0 Å². The van der Waals surface area contributed by atoms with Crippen molar-refractivity contribution in [1.29, 1.82) is 0 Å². The van der Waals surface area contributed by atoms with Gasteiger partial charge in [-0.15, -0.1) is 0 Å². The van der Waals surface area contributed by atoms with E-state index in [1.165, 1.54) is 4.90 Å². The van der Waals surface area contributed by atoms with Gasteiger partial charge in [-0.2, -0.15) is 0 Å². The van der Waals surface area contributed by atoms with Crippen molar-refractivity contribution in [2.24, 2.45) is 5.73 Å². The van der Waals surface area contributed by atoms with E-state index < -0.39 is 12.0 Å². The maximum atomic E-state index is 11.6. The van der Waals surface area contributed by atoms with E-state index in [0.29, 0.717) is 5.69 Å². The molecule has 0 aromatic heterocycles. The molecule has 4 N–H and O–H groups in total. The number of carbonyl (C=O) groups is 2. The summed E-state index contributed by atoms with van der Waals surface area (Å²) in [6.07, 6.45) is -0.571. The number of ether oxygens (including phenoxy) is 1. The Hall–Kier alpha value is -2.24. The number of hydrogen-bond donors (Lipinski definition) is 2. The van der Waals surface area contributed by atoms with Gasteiger partial charge in [-0.25, -0.2) is 4.79 Å². The van der Waals surface area contributed by atoms with Gasteiger partial charge in [-0.1, -0.05) is 12.1 Å². The third-order valence-corrected chi connectivity index (χ3v) is 2.20. The van der Waals surface area contributed by atoms with E-state index in [2.05, 4.69) is 0 Å². The van der Waals surface area contributed by atoms with E-state index in [9.17, 15) is 9.59 Å². The molecule has 0 heterocycles. The topological polar surface area (TPSA) is 98.6 Å². The standard InChI is InChI=1S/C12H17N3O3/c1-2-18-12(17)15(8-11(14)16)7-9-4-3-5-10(13)6-9/h3-6H,2,7-8,13H2,1H3,(H2,14,16). The average Bonchev–Trinajstić information content (AvgIpc) is 2.28. The number of primary amides is 1. The predicted octanol–water partition coefficient (Wildman–Crippen LogP) is 0.713. The summed E-state index contributed by atoms with van der Waals surface area (Å²) in [5.41, 5.74) is 12.1. The Labute approximate surface area is 105 Å². The number of amides is 2. The number of hydrogen-bond acceptors (Lipinski definition) is 4. The number of rotatable bonds is 5. The largest absolute Gasteiger partial charge is 0.450 e. The minimum atomic E-state index is -0.591. The fourth-order valence-corrected chi connectivity index (χ4v) is 1.50. The lowest BCUT2D eigenvalue weighted by Gasteiger charge is -2.20. The van der Waals surface area contributed by atoms with Gasteiger partial charge in [0.15, 0.2) is 0 Å². The van der Waals surface area contributed by atoms with Crippen LogP contribution in [0.3, 0.4) is 0 Å². The van der Waals surface area contributed by atoms with Gasteiger partial charge in [0.05, 0.1) is 6.61 Å². The molecule has 1 aromatic carbocycles. The number of anilines is 1. The van der Waals surface area contributed by atoms with E-state index in [4.69, 9.17) is 16.2 Å². The monoisotopic (exact) mass is 251 g/mol. The number of nitrogens with two attached hydrogens (primary N) is 2. The molecule has 0 spiro atoms. The van der Waals surface area contributed by atoms with Crippen LogP contribution in [0.15, 0.2) is 24.3 Å². The third kappa shape index (κ3) is 4.32. The molecule has 98 valence electrons. The van der Waals surface area contributed by atoms with Crippen LogP contribution in [0.2, 0.25) is 0 Å². The Morgan fingerprint density at radius 2 is 2.11 bits per heavy atom. The van der Waals surface area contributed by atoms with Crippen LogP contribution in [-0.4, -0.2) is 30.1 Å². The normalized spacial score (nSPS) is 9.83. The molecule has 0 fully saturated rings. The first-order chi connectivity index (χ1) is 8.52. The molecule has 6 heteroatoms. The molecule has 0 aliphatic heterocycles. The summed E-state index contributed by atoms with van der Waals surface area (Å²) in [5.74, 6) is -0.591. The zero-order valence-corrected chi connectivity index (χ0v) is 10.3. The fraction of sp³-hybridized carbons (Fsp3) is 0.333. The summed E-state index contributed by atoms with van der Waals surface area (Å²) in [7, 11) is 0. The van der Waals surface area contributed by atoms with Crippen LogP contribution in [-0.2, 0) is 16.1 Å². The Morgan fingerprint density at radius 3 is 2.67 bits per heavy atom. The van der Waals surface area contributed by atoms with Gasteiger partial charge in [0.2, 0.25) is 5.91 Å². The summed E-state index contributed by atoms with van der Waals surface area (Å²) in [6.45, 7) is 1.98. The van der Waals surface area contributed by atoms with Crippen molar-refractivity contribution in [3.63, 3.8) is 0 Å². The highest BCUT2D eigenvalue weighted by Gasteiger charge is 2.17. The highest BCUT2D eigenvalue weighted by atomic mass is 16.6. The molecule has 0 atom stereocenters. The van der Waals surface area contributed by atoms with Crippen molar-refractivity contribution in [1.82, 2.24) is 4.90 Å². The molecular weight excluding hydrogens is 234 g/mol. The first-order valence-electron chi connectivity index (χ1n) is 5.57. The lowest BCUT2D eigenvalue weighted by Crippen LogP contribution is -2.38. The van der Waals surface area contributed by atoms with Crippen molar-refractivity contribution in [2.45, 2.75) is 13.5 Å². The number of nitrogen functional groups attached to an aromatic ring is 1. The Bertz CT molecular complexity index is 434. The smallest absolute Gasteiger partial charge is 0.410 e. The number of carbonyl (C=O) groups excluding carboxylic acids is 2. The average molecular weight is 251 g/mol. The summed E-state index contributed by atoms with van der Waals surface area (Å²) in [4.78, 5) is 23.8. The van der Waals surface area contributed by atoms with Gasteiger partial charge in [0.1, 0.15) is 6.54 Å². The highest BCUT2D eigenvalue weighted by Crippen LogP contribution is 2.10. The van der Waals surface area contributed by atoms with Crippen molar-refractivity contribution in [3.05, 3.63) is 29.8 Å². The second-order valence-corrected chi connectivity index (χ2v) is 3.77.